The van der Waals surface area contributed by atoms with Crippen molar-refractivity contribution in [1.82, 2.24) is 0 Å². The fraction of sp³-hybridized carbons (Fsp3) is 0.571. The predicted molar refractivity (Wildman–Crippen MR) is 64.5 cm³/mol. The van der Waals surface area contributed by atoms with Crippen LogP contribution >= 0.6 is 0 Å². The molecule has 1 aliphatic carbocycles. The van der Waals surface area contributed by atoms with Gasteiger partial charge in [0, 0.05) is 0 Å². The maximum Gasteiger partial charge on any atom is 0.119 e. The fourth-order valence-corrected chi connectivity index (χ4v) is 2.14. The van der Waals surface area contributed by atoms with Crippen LogP contribution in [0, 0.1) is 11.8 Å². The second-order valence-corrected chi connectivity index (χ2v) is 4.65. The molecule has 1 N–H and O–H groups in total. The Kier molecular flexibility index (Phi) is 3.49. The van der Waals surface area contributed by atoms with Crippen molar-refractivity contribution in [1.29, 1.82) is 0 Å². The smallest absolute Gasteiger partial charge is 0.119 e. The molecule has 0 radical (unpaired) electrons. The van der Waals surface area contributed by atoms with Gasteiger partial charge in [0.05, 0.1) is 12.7 Å². The van der Waals surface area contributed by atoms with Crippen LogP contribution in [0.3, 0.4) is 0 Å². The molecular formula is C14H20O2. The van der Waals surface area contributed by atoms with Gasteiger partial charge in [-0.05, 0) is 49.3 Å². The van der Waals surface area contributed by atoms with Crippen LogP contribution in [0.4, 0.5) is 0 Å². The minimum absolute atomic E-state index is 0.354. The van der Waals surface area contributed by atoms with Crippen molar-refractivity contribution in [2.24, 2.45) is 11.8 Å². The quantitative estimate of drug-likeness (QED) is 0.826. The van der Waals surface area contributed by atoms with Crippen LogP contribution in [0.2, 0.25) is 0 Å². The van der Waals surface area contributed by atoms with Crippen molar-refractivity contribution in [2.75, 3.05) is 6.61 Å². The van der Waals surface area contributed by atoms with Crippen molar-refractivity contribution < 1.29 is 9.84 Å². The number of ether oxygens (including phenoxy) is 1. The summed E-state index contributed by atoms with van der Waals surface area (Å²) in [6.45, 7) is 4.77. The number of hydrogen-bond donors (Lipinski definition) is 1. The normalized spacial score (nSPS) is 19.2. The highest BCUT2D eigenvalue weighted by Gasteiger charge is 2.33. The van der Waals surface area contributed by atoms with Gasteiger partial charge in [-0.15, -0.1) is 0 Å². The minimum Gasteiger partial charge on any atom is -0.494 e. The van der Waals surface area contributed by atoms with Crippen LogP contribution in [0.5, 0.6) is 5.75 Å². The second-order valence-electron chi connectivity index (χ2n) is 4.65. The molecule has 1 saturated carbocycles. The Morgan fingerprint density at radius 2 is 2.19 bits per heavy atom. The average molecular weight is 220 g/mol. The summed E-state index contributed by atoms with van der Waals surface area (Å²) in [6, 6.07) is 7.81. The Hall–Kier alpha value is -1.02. The highest BCUT2D eigenvalue weighted by atomic mass is 16.5. The van der Waals surface area contributed by atoms with Gasteiger partial charge in [0.2, 0.25) is 0 Å². The molecular weight excluding hydrogens is 200 g/mol. The lowest BCUT2D eigenvalue weighted by molar-refractivity contribution is 0.105. The van der Waals surface area contributed by atoms with E-state index in [0.717, 1.165) is 11.3 Å². The van der Waals surface area contributed by atoms with Crippen LogP contribution in [-0.4, -0.2) is 11.7 Å². The average Bonchev–Trinajstić information content (AvgIpc) is 3.12. The zero-order chi connectivity index (χ0) is 11.5. The van der Waals surface area contributed by atoms with Crippen molar-refractivity contribution in [3.05, 3.63) is 29.8 Å². The molecule has 0 heterocycles. The molecule has 88 valence electrons. The third-order valence-electron chi connectivity index (χ3n) is 3.37. The van der Waals surface area contributed by atoms with E-state index in [1.807, 2.05) is 31.2 Å². The highest BCUT2D eigenvalue weighted by Crippen LogP contribution is 2.42. The summed E-state index contributed by atoms with van der Waals surface area (Å²) in [5.41, 5.74) is 0.977. The third-order valence-corrected chi connectivity index (χ3v) is 3.37. The lowest BCUT2D eigenvalue weighted by Gasteiger charge is -2.19. The number of aliphatic hydroxyl groups excluding tert-OH is 1. The second kappa shape index (κ2) is 4.88. The molecule has 0 saturated heterocycles. The van der Waals surface area contributed by atoms with Gasteiger partial charge in [-0.25, -0.2) is 0 Å². The lowest BCUT2D eigenvalue weighted by atomic mass is 9.93. The lowest BCUT2D eigenvalue weighted by Crippen LogP contribution is -2.11. The monoisotopic (exact) mass is 220 g/mol. The van der Waals surface area contributed by atoms with E-state index in [1.54, 1.807) is 0 Å². The predicted octanol–water partition coefficient (Wildman–Crippen LogP) is 3.16. The van der Waals surface area contributed by atoms with Crippen LogP contribution < -0.4 is 4.74 Å². The molecule has 0 bridgehead atoms. The van der Waals surface area contributed by atoms with Gasteiger partial charge in [-0.1, -0.05) is 19.1 Å². The first kappa shape index (κ1) is 11.5. The van der Waals surface area contributed by atoms with E-state index in [9.17, 15) is 5.11 Å². The Morgan fingerprint density at radius 3 is 2.81 bits per heavy atom. The molecule has 2 rings (SSSR count). The summed E-state index contributed by atoms with van der Waals surface area (Å²) >= 11 is 0. The number of rotatable bonds is 5. The van der Waals surface area contributed by atoms with Gasteiger partial charge < -0.3 is 9.84 Å². The molecule has 2 atom stereocenters. The number of aliphatic hydroxyl groups is 1. The molecule has 16 heavy (non-hydrogen) atoms. The maximum atomic E-state index is 10.2. The van der Waals surface area contributed by atoms with E-state index in [0.29, 0.717) is 18.4 Å². The van der Waals surface area contributed by atoms with Crippen LogP contribution in [0.25, 0.3) is 0 Å². The SMILES string of the molecule is CCOc1cccc(C(O)C(C)C2CC2)c1. The van der Waals surface area contributed by atoms with Gasteiger partial charge in [0.1, 0.15) is 5.75 Å². The fourth-order valence-electron chi connectivity index (χ4n) is 2.14. The summed E-state index contributed by atoms with van der Waals surface area (Å²) in [5, 5.41) is 10.2. The standard InChI is InChI=1S/C14H20O2/c1-3-16-13-6-4-5-12(9-13)14(15)10(2)11-7-8-11/h4-6,9-11,14-15H,3,7-8H2,1-2H3. The third kappa shape index (κ3) is 2.56. The molecule has 2 heteroatoms. The van der Waals surface area contributed by atoms with E-state index in [-0.39, 0.29) is 6.10 Å². The number of hydrogen-bond acceptors (Lipinski definition) is 2. The minimum atomic E-state index is -0.354. The molecule has 0 spiro atoms. The molecule has 2 unspecified atom stereocenters. The zero-order valence-corrected chi connectivity index (χ0v) is 10.0. The molecule has 1 fully saturated rings. The van der Waals surface area contributed by atoms with Crippen LogP contribution in [0.15, 0.2) is 24.3 Å². The first-order chi connectivity index (χ1) is 7.72. The van der Waals surface area contributed by atoms with Crippen LogP contribution in [-0.2, 0) is 0 Å². The Labute approximate surface area is 97.3 Å². The Bertz CT molecular complexity index is 344. The summed E-state index contributed by atoms with van der Waals surface area (Å²) in [4.78, 5) is 0. The number of benzene rings is 1. The molecule has 0 aliphatic heterocycles. The van der Waals surface area contributed by atoms with E-state index in [1.165, 1.54) is 12.8 Å². The van der Waals surface area contributed by atoms with E-state index in [4.69, 9.17) is 4.74 Å². The van der Waals surface area contributed by atoms with Gasteiger partial charge >= 0.3 is 0 Å². The maximum absolute atomic E-state index is 10.2. The molecule has 1 aromatic carbocycles. The summed E-state index contributed by atoms with van der Waals surface area (Å²) in [5.74, 6) is 1.92. The van der Waals surface area contributed by atoms with Crippen LogP contribution in [0.1, 0.15) is 38.4 Å². The van der Waals surface area contributed by atoms with Gasteiger partial charge in [0.25, 0.3) is 0 Å². The zero-order valence-electron chi connectivity index (χ0n) is 10.0. The first-order valence-electron chi connectivity index (χ1n) is 6.13. The molecule has 2 nitrogen and oxygen atoms in total. The van der Waals surface area contributed by atoms with E-state index in [2.05, 4.69) is 6.92 Å². The van der Waals surface area contributed by atoms with Gasteiger partial charge in [-0.3, -0.25) is 0 Å². The Morgan fingerprint density at radius 1 is 1.44 bits per heavy atom. The summed E-state index contributed by atoms with van der Waals surface area (Å²) in [6.07, 6.45) is 2.18. The van der Waals surface area contributed by atoms with Crippen molar-refractivity contribution >= 4 is 0 Å². The van der Waals surface area contributed by atoms with E-state index >= 15 is 0 Å². The van der Waals surface area contributed by atoms with Gasteiger partial charge in [-0.2, -0.15) is 0 Å². The molecule has 1 aromatic rings. The Balaban J connectivity index is 2.09. The van der Waals surface area contributed by atoms with Gasteiger partial charge in [0.15, 0.2) is 0 Å². The van der Waals surface area contributed by atoms with E-state index < -0.39 is 0 Å². The van der Waals surface area contributed by atoms with Crippen molar-refractivity contribution in [2.45, 2.75) is 32.8 Å². The molecule has 0 aromatic heterocycles. The summed E-state index contributed by atoms with van der Waals surface area (Å²) in [7, 11) is 0. The highest BCUT2D eigenvalue weighted by molar-refractivity contribution is 5.30. The first-order valence-corrected chi connectivity index (χ1v) is 6.13. The summed E-state index contributed by atoms with van der Waals surface area (Å²) < 4.78 is 5.44. The topological polar surface area (TPSA) is 29.5 Å². The molecule has 0 amide bonds. The van der Waals surface area contributed by atoms with Crippen molar-refractivity contribution in [3.63, 3.8) is 0 Å². The molecule has 1 aliphatic rings. The largest absolute Gasteiger partial charge is 0.494 e. The van der Waals surface area contributed by atoms with Crippen molar-refractivity contribution in [3.8, 4) is 5.75 Å².